The van der Waals surface area contributed by atoms with E-state index in [2.05, 4.69) is 57.8 Å². The van der Waals surface area contributed by atoms with Gasteiger partial charge in [0.25, 0.3) is 0 Å². The fourth-order valence-electron chi connectivity index (χ4n) is 3.43. The molecule has 2 unspecified atom stereocenters. The van der Waals surface area contributed by atoms with Crippen LogP contribution in [0.15, 0.2) is 18.2 Å². The molecule has 0 aromatic heterocycles. The molecule has 2 rings (SSSR count). The fraction of sp³-hybridized carbons (Fsp3) is 0.667. The van der Waals surface area contributed by atoms with Crippen LogP contribution in [0.2, 0.25) is 0 Å². The van der Waals surface area contributed by atoms with Gasteiger partial charge in [-0.15, -0.1) is 0 Å². The minimum absolute atomic E-state index is 0.00715. The van der Waals surface area contributed by atoms with Crippen LogP contribution in [0, 0.1) is 19.8 Å². The van der Waals surface area contributed by atoms with Crippen LogP contribution in [0.3, 0.4) is 0 Å². The molecular weight excluding hydrogens is 260 g/mol. The highest BCUT2D eigenvalue weighted by Gasteiger charge is 2.40. The maximum atomic E-state index is 6.22. The van der Waals surface area contributed by atoms with Crippen molar-refractivity contribution in [2.75, 3.05) is 25.1 Å². The number of anilines is 1. The summed E-state index contributed by atoms with van der Waals surface area (Å²) >= 11 is 0. The number of nitrogens with zero attached hydrogens (tertiary/aromatic N) is 1. The van der Waals surface area contributed by atoms with Gasteiger partial charge in [-0.1, -0.05) is 31.5 Å². The van der Waals surface area contributed by atoms with Crippen molar-refractivity contribution in [2.24, 2.45) is 11.7 Å². The average Bonchev–Trinajstić information content (AvgIpc) is 2.46. The molecule has 0 radical (unpaired) electrons. The molecule has 1 fully saturated rings. The molecule has 3 heteroatoms. The normalized spacial score (nSPS) is 26.1. The third-order valence-electron chi connectivity index (χ3n) is 5.03. The van der Waals surface area contributed by atoms with E-state index in [1.807, 2.05) is 0 Å². The Hall–Kier alpha value is -1.06. The number of hydrogen-bond acceptors (Lipinski definition) is 3. The Morgan fingerprint density at radius 2 is 2.10 bits per heavy atom. The minimum atomic E-state index is 0.00715. The van der Waals surface area contributed by atoms with Crippen molar-refractivity contribution in [3.8, 4) is 0 Å². The first kappa shape index (κ1) is 16.3. The van der Waals surface area contributed by atoms with Crippen molar-refractivity contribution in [1.82, 2.24) is 0 Å². The molecule has 2 N–H and O–H groups in total. The first-order chi connectivity index (χ1) is 9.89. The Morgan fingerprint density at radius 3 is 2.67 bits per heavy atom. The van der Waals surface area contributed by atoms with Crippen molar-refractivity contribution < 1.29 is 4.74 Å². The van der Waals surface area contributed by atoms with Gasteiger partial charge >= 0.3 is 0 Å². The molecule has 1 aliphatic heterocycles. The molecule has 118 valence electrons. The van der Waals surface area contributed by atoms with E-state index in [0.29, 0.717) is 18.6 Å². The summed E-state index contributed by atoms with van der Waals surface area (Å²) in [5.41, 5.74) is 10.1. The van der Waals surface area contributed by atoms with Crippen molar-refractivity contribution in [3.05, 3.63) is 29.3 Å². The molecule has 21 heavy (non-hydrogen) atoms. The molecule has 1 aliphatic rings. The van der Waals surface area contributed by atoms with Crippen LogP contribution >= 0.6 is 0 Å². The van der Waals surface area contributed by atoms with Crippen LogP contribution in [0.4, 0.5) is 5.69 Å². The summed E-state index contributed by atoms with van der Waals surface area (Å²) in [6.45, 7) is 10.3. The van der Waals surface area contributed by atoms with Gasteiger partial charge in [-0.2, -0.15) is 0 Å². The lowest BCUT2D eigenvalue weighted by molar-refractivity contribution is -0.0412. The van der Waals surface area contributed by atoms with Crippen molar-refractivity contribution in [2.45, 2.75) is 52.2 Å². The Labute approximate surface area is 129 Å². The SMILES string of the molecule is Cc1ccc(N(C)C2(CN)CCOC(C(C)C)C2)c(C)c1. The molecule has 0 spiro atoms. The predicted octanol–water partition coefficient (Wildman–Crippen LogP) is 3.27. The van der Waals surface area contributed by atoms with E-state index in [1.54, 1.807) is 0 Å². The maximum absolute atomic E-state index is 6.22. The Morgan fingerprint density at radius 1 is 1.38 bits per heavy atom. The van der Waals surface area contributed by atoms with Gasteiger partial charge < -0.3 is 15.4 Å². The van der Waals surface area contributed by atoms with Gasteiger partial charge in [0.15, 0.2) is 0 Å². The molecule has 1 aromatic carbocycles. The summed E-state index contributed by atoms with van der Waals surface area (Å²) in [7, 11) is 2.19. The molecule has 3 nitrogen and oxygen atoms in total. The molecular formula is C18H30N2O. The second kappa shape index (κ2) is 6.37. The third kappa shape index (κ3) is 3.24. The average molecular weight is 290 g/mol. The Bertz CT molecular complexity index is 486. The molecule has 0 amide bonds. The van der Waals surface area contributed by atoms with Crippen LogP contribution in [-0.4, -0.2) is 31.8 Å². The van der Waals surface area contributed by atoms with Crippen LogP contribution in [0.5, 0.6) is 0 Å². The van der Waals surface area contributed by atoms with Crippen molar-refractivity contribution >= 4 is 5.69 Å². The summed E-state index contributed by atoms with van der Waals surface area (Å²) in [5, 5.41) is 0. The topological polar surface area (TPSA) is 38.5 Å². The van der Waals surface area contributed by atoms with E-state index < -0.39 is 0 Å². The summed E-state index contributed by atoms with van der Waals surface area (Å²) in [6, 6.07) is 6.65. The van der Waals surface area contributed by atoms with Crippen molar-refractivity contribution in [3.63, 3.8) is 0 Å². The zero-order valence-electron chi connectivity index (χ0n) is 14.1. The second-order valence-corrected chi connectivity index (χ2v) is 6.88. The Kier molecular flexibility index (Phi) is 4.95. The summed E-state index contributed by atoms with van der Waals surface area (Å²) in [4.78, 5) is 2.40. The van der Waals surface area contributed by atoms with Gasteiger partial charge in [0, 0.05) is 25.9 Å². The second-order valence-electron chi connectivity index (χ2n) is 6.88. The summed E-state index contributed by atoms with van der Waals surface area (Å²) < 4.78 is 5.95. The largest absolute Gasteiger partial charge is 0.378 e. The maximum Gasteiger partial charge on any atom is 0.0620 e. The standard InChI is InChI=1S/C18H30N2O/c1-13(2)17-11-18(12-19,8-9-21-17)20(5)16-7-6-14(3)10-15(16)4/h6-7,10,13,17H,8-9,11-12,19H2,1-5H3. The highest BCUT2D eigenvalue weighted by Crippen LogP contribution is 2.36. The number of aryl methyl sites for hydroxylation is 2. The number of hydrogen-bond donors (Lipinski definition) is 1. The lowest BCUT2D eigenvalue weighted by atomic mass is 9.81. The molecule has 0 aliphatic carbocycles. The van der Waals surface area contributed by atoms with Crippen LogP contribution in [0.25, 0.3) is 0 Å². The highest BCUT2D eigenvalue weighted by molar-refractivity contribution is 5.56. The van der Waals surface area contributed by atoms with Gasteiger partial charge in [-0.05, 0) is 44.2 Å². The van der Waals surface area contributed by atoms with E-state index in [-0.39, 0.29) is 5.54 Å². The molecule has 1 saturated heterocycles. The van der Waals surface area contributed by atoms with Crippen LogP contribution in [-0.2, 0) is 4.74 Å². The zero-order valence-corrected chi connectivity index (χ0v) is 14.1. The van der Waals surface area contributed by atoms with Gasteiger partial charge in [-0.3, -0.25) is 0 Å². The van der Waals surface area contributed by atoms with E-state index in [1.165, 1.54) is 16.8 Å². The first-order valence-electron chi connectivity index (χ1n) is 8.02. The third-order valence-corrected chi connectivity index (χ3v) is 5.03. The minimum Gasteiger partial charge on any atom is -0.378 e. The Balaban J connectivity index is 2.30. The van der Waals surface area contributed by atoms with E-state index in [4.69, 9.17) is 10.5 Å². The van der Waals surface area contributed by atoms with Crippen LogP contribution < -0.4 is 10.6 Å². The number of rotatable bonds is 4. The van der Waals surface area contributed by atoms with Gasteiger partial charge in [0.2, 0.25) is 0 Å². The smallest absolute Gasteiger partial charge is 0.0620 e. The molecule has 1 heterocycles. The van der Waals surface area contributed by atoms with E-state index in [0.717, 1.165) is 19.4 Å². The number of benzene rings is 1. The molecule has 2 atom stereocenters. The lowest BCUT2D eigenvalue weighted by Crippen LogP contribution is -2.58. The van der Waals surface area contributed by atoms with Gasteiger partial charge in [-0.25, -0.2) is 0 Å². The van der Waals surface area contributed by atoms with Gasteiger partial charge in [0.05, 0.1) is 11.6 Å². The summed E-state index contributed by atoms with van der Waals surface area (Å²) in [5.74, 6) is 0.531. The zero-order chi connectivity index (χ0) is 15.6. The van der Waals surface area contributed by atoms with Crippen LogP contribution in [0.1, 0.15) is 37.8 Å². The lowest BCUT2D eigenvalue weighted by Gasteiger charge is -2.48. The molecule has 0 saturated carbocycles. The number of ether oxygens (including phenoxy) is 1. The highest BCUT2D eigenvalue weighted by atomic mass is 16.5. The molecule has 1 aromatic rings. The van der Waals surface area contributed by atoms with E-state index in [9.17, 15) is 0 Å². The first-order valence-corrected chi connectivity index (χ1v) is 8.02. The van der Waals surface area contributed by atoms with E-state index >= 15 is 0 Å². The summed E-state index contributed by atoms with van der Waals surface area (Å²) in [6.07, 6.45) is 2.30. The fourth-order valence-corrected chi connectivity index (χ4v) is 3.43. The number of nitrogens with two attached hydrogens (primary N) is 1. The number of likely N-dealkylation sites (N-methyl/N-ethyl adjacent to an activating group) is 1. The monoisotopic (exact) mass is 290 g/mol. The predicted molar refractivity (Wildman–Crippen MR) is 89.9 cm³/mol. The van der Waals surface area contributed by atoms with Gasteiger partial charge in [0.1, 0.15) is 0 Å². The van der Waals surface area contributed by atoms with Crippen molar-refractivity contribution in [1.29, 1.82) is 0 Å². The molecule has 0 bridgehead atoms. The quantitative estimate of drug-likeness (QED) is 0.925.